The number of carbonyl (C=O) groups excluding carboxylic acids is 2. The smallest absolute Gasteiger partial charge is 0.348 e. The predicted molar refractivity (Wildman–Crippen MR) is 83.7 cm³/mol. The van der Waals surface area contributed by atoms with Gasteiger partial charge in [-0.1, -0.05) is 39.0 Å². The Labute approximate surface area is 134 Å². The molecule has 0 amide bonds. The maximum atomic E-state index is 12.1. The summed E-state index contributed by atoms with van der Waals surface area (Å²) in [6.07, 6.45) is 7.88. The summed E-state index contributed by atoms with van der Waals surface area (Å²) in [6, 6.07) is 0. The van der Waals surface area contributed by atoms with Crippen LogP contribution in [0, 0.1) is 5.92 Å². The van der Waals surface area contributed by atoms with Crippen LogP contribution in [-0.2, 0) is 29.9 Å². The van der Waals surface area contributed by atoms with Crippen molar-refractivity contribution in [2.75, 3.05) is 6.26 Å². The highest BCUT2D eigenvalue weighted by atomic mass is 32.2. The van der Waals surface area contributed by atoms with E-state index in [0.29, 0.717) is 6.42 Å². The van der Waals surface area contributed by atoms with Gasteiger partial charge in [0.1, 0.15) is 6.10 Å². The molecule has 0 aromatic carbocycles. The molecule has 2 saturated heterocycles. The van der Waals surface area contributed by atoms with Crippen molar-refractivity contribution < 1.29 is 23.3 Å². The number of fused-ring (bicyclic) bond motifs is 1. The van der Waals surface area contributed by atoms with Crippen LogP contribution in [0.1, 0.15) is 58.8 Å². The number of carbonyl (C=O) groups is 2. The van der Waals surface area contributed by atoms with E-state index in [2.05, 4.69) is 6.92 Å². The fraction of sp³-hybridized carbons (Fsp3) is 0.875. The molecule has 0 bridgehead atoms. The first kappa shape index (κ1) is 17.4. The van der Waals surface area contributed by atoms with Crippen molar-refractivity contribution in [2.45, 2.75) is 75.7 Å². The van der Waals surface area contributed by atoms with E-state index in [1.54, 1.807) is 6.92 Å². The van der Waals surface area contributed by atoms with Crippen molar-refractivity contribution in [1.29, 1.82) is 0 Å². The zero-order valence-electron chi connectivity index (χ0n) is 13.6. The first-order chi connectivity index (χ1) is 10.4. The van der Waals surface area contributed by atoms with E-state index in [-0.39, 0.29) is 6.10 Å². The summed E-state index contributed by atoms with van der Waals surface area (Å²) < 4.78 is 21.5. The molecule has 5 atom stereocenters. The molecule has 2 aliphatic heterocycles. The van der Waals surface area contributed by atoms with Crippen molar-refractivity contribution >= 4 is 22.7 Å². The van der Waals surface area contributed by atoms with Gasteiger partial charge in [0.25, 0.3) is 0 Å². The van der Waals surface area contributed by atoms with E-state index in [4.69, 9.17) is 9.47 Å². The fourth-order valence-corrected chi connectivity index (χ4v) is 4.38. The zero-order chi connectivity index (χ0) is 16.3. The molecule has 5 nitrogen and oxygen atoms in total. The number of cyclic esters (lactones) is 1. The molecule has 6 heteroatoms. The SMILES string of the molecule is CCCCCCCC[C@H]1OC(=O)[C@@H]2OC(=O)C(C)(S(C)=O)[C@H]12. The predicted octanol–water partition coefficient (Wildman–Crippen LogP) is 2.34. The molecule has 2 rings (SSSR count). The Hall–Kier alpha value is -0.910. The van der Waals surface area contributed by atoms with Crippen molar-refractivity contribution in [1.82, 2.24) is 0 Å². The summed E-state index contributed by atoms with van der Waals surface area (Å²) in [5, 5.41) is 0. The van der Waals surface area contributed by atoms with E-state index in [1.165, 1.54) is 31.9 Å². The quantitative estimate of drug-likeness (QED) is 0.505. The van der Waals surface area contributed by atoms with Crippen molar-refractivity contribution in [3.05, 3.63) is 0 Å². The normalized spacial score (nSPS) is 35.1. The topological polar surface area (TPSA) is 69.7 Å². The van der Waals surface area contributed by atoms with Gasteiger partial charge in [-0.15, -0.1) is 0 Å². The monoisotopic (exact) mass is 330 g/mol. The minimum Gasteiger partial charge on any atom is -0.459 e. The van der Waals surface area contributed by atoms with Gasteiger partial charge in [-0.25, -0.2) is 4.79 Å². The molecule has 0 radical (unpaired) electrons. The molecule has 0 spiro atoms. The molecule has 22 heavy (non-hydrogen) atoms. The van der Waals surface area contributed by atoms with Gasteiger partial charge in [0.2, 0.25) is 6.10 Å². The molecule has 2 heterocycles. The summed E-state index contributed by atoms with van der Waals surface area (Å²) in [6.45, 7) is 3.81. The average Bonchev–Trinajstić information content (AvgIpc) is 2.92. The lowest BCUT2D eigenvalue weighted by atomic mass is 9.85. The van der Waals surface area contributed by atoms with E-state index in [1.807, 2.05) is 0 Å². The third-order valence-electron chi connectivity index (χ3n) is 4.94. The highest BCUT2D eigenvalue weighted by Crippen LogP contribution is 2.45. The van der Waals surface area contributed by atoms with E-state index in [9.17, 15) is 13.8 Å². The lowest BCUT2D eigenvalue weighted by Gasteiger charge is -2.26. The van der Waals surface area contributed by atoms with Crippen LogP contribution in [0.25, 0.3) is 0 Å². The number of hydrogen-bond donors (Lipinski definition) is 0. The zero-order valence-corrected chi connectivity index (χ0v) is 14.4. The Morgan fingerprint density at radius 3 is 2.36 bits per heavy atom. The molecular weight excluding hydrogens is 304 g/mol. The van der Waals surface area contributed by atoms with Crippen LogP contribution >= 0.6 is 0 Å². The van der Waals surface area contributed by atoms with Crippen LogP contribution in [-0.4, -0.2) is 39.4 Å². The molecule has 2 fully saturated rings. The third-order valence-corrected chi connectivity index (χ3v) is 6.57. The Balaban J connectivity index is 1.96. The van der Waals surface area contributed by atoms with Crippen LogP contribution in [0.2, 0.25) is 0 Å². The van der Waals surface area contributed by atoms with Crippen LogP contribution in [0.15, 0.2) is 0 Å². The fourth-order valence-electron chi connectivity index (χ4n) is 3.44. The highest BCUT2D eigenvalue weighted by molar-refractivity contribution is 7.86. The Morgan fingerprint density at radius 1 is 1.09 bits per heavy atom. The third kappa shape index (κ3) is 3.07. The van der Waals surface area contributed by atoms with E-state index in [0.717, 1.165) is 12.8 Å². The summed E-state index contributed by atoms with van der Waals surface area (Å²) in [5.74, 6) is -1.44. The van der Waals surface area contributed by atoms with E-state index < -0.39 is 39.5 Å². The minimum atomic E-state index is -1.40. The van der Waals surface area contributed by atoms with Crippen molar-refractivity contribution in [3.63, 3.8) is 0 Å². The summed E-state index contributed by atoms with van der Waals surface area (Å²) in [7, 11) is -1.40. The first-order valence-corrected chi connectivity index (χ1v) is 9.73. The molecule has 0 aliphatic carbocycles. The lowest BCUT2D eigenvalue weighted by Crippen LogP contribution is -2.46. The summed E-state index contributed by atoms with van der Waals surface area (Å²) in [4.78, 5) is 24.0. The van der Waals surface area contributed by atoms with E-state index >= 15 is 0 Å². The highest BCUT2D eigenvalue weighted by Gasteiger charge is 2.66. The average molecular weight is 330 g/mol. The minimum absolute atomic E-state index is 0.357. The van der Waals surface area contributed by atoms with Crippen LogP contribution in [0.3, 0.4) is 0 Å². The largest absolute Gasteiger partial charge is 0.459 e. The van der Waals surface area contributed by atoms with Crippen LogP contribution in [0.4, 0.5) is 0 Å². The molecular formula is C16H26O5S. The van der Waals surface area contributed by atoms with Gasteiger partial charge < -0.3 is 9.47 Å². The second-order valence-corrected chi connectivity index (χ2v) is 8.20. The molecule has 0 saturated carbocycles. The molecule has 0 aromatic heterocycles. The second kappa shape index (κ2) is 7.11. The number of esters is 2. The van der Waals surface area contributed by atoms with Gasteiger partial charge in [-0.3, -0.25) is 9.00 Å². The molecule has 0 N–H and O–H groups in total. The van der Waals surface area contributed by atoms with Crippen molar-refractivity contribution in [3.8, 4) is 0 Å². The van der Waals surface area contributed by atoms with Gasteiger partial charge in [0.05, 0.1) is 5.92 Å². The summed E-state index contributed by atoms with van der Waals surface area (Å²) >= 11 is 0. The van der Waals surface area contributed by atoms with Gasteiger partial charge >= 0.3 is 11.9 Å². The number of hydrogen-bond acceptors (Lipinski definition) is 5. The standard InChI is InChI=1S/C16H26O5S/c1-4-5-6-7-8-9-10-11-12-13(14(17)20-11)21-15(18)16(12,2)22(3)19/h11-13H,4-10H2,1-3H3/t11-,12-,13-,16?,22?/m1/s1. The van der Waals surface area contributed by atoms with Gasteiger partial charge in [-0.05, 0) is 19.8 Å². The lowest BCUT2D eigenvalue weighted by molar-refractivity contribution is -0.158. The van der Waals surface area contributed by atoms with Gasteiger partial charge in [0.15, 0.2) is 4.75 Å². The summed E-state index contributed by atoms with van der Waals surface area (Å²) in [5.41, 5.74) is 0. The first-order valence-electron chi connectivity index (χ1n) is 8.18. The maximum absolute atomic E-state index is 12.1. The van der Waals surface area contributed by atoms with Crippen LogP contribution < -0.4 is 0 Å². The van der Waals surface area contributed by atoms with Gasteiger partial charge in [-0.2, -0.15) is 0 Å². The second-order valence-electron chi connectivity index (χ2n) is 6.44. The molecule has 2 aliphatic rings. The molecule has 2 unspecified atom stereocenters. The Bertz CT molecular complexity index is 463. The molecule has 126 valence electrons. The number of rotatable bonds is 8. The van der Waals surface area contributed by atoms with Crippen LogP contribution in [0.5, 0.6) is 0 Å². The Kier molecular flexibility index (Phi) is 5.64. The van der Waals surface area contributed by atoms with Crippen molar-refractivity contribution in [2.24, 2.45) is 5.92 Å². The van der Waals surface area contributed by atoms with Gasteiger partial charge in [0, 0.05) is 17.1 Å². The number of ether oxygens (including phenoxy) is 2. The number of unbranched alkanes of at least 4 members (excludes halogenated alkanes) is 5. The maximum Gasteiger partial charge on any atom is 0.348 e. The molecule has 0 aromatic rings. The Morgan fingerprint density at radius 2 is 1.73 bits per heavy atom.